The third-order valence-corrected chi connectivity index (χ3v) is 2.71. The molecular weight excluding hydrogens is 198 g/mol. The van der Waals surface area contributed by atoms with E-state index in [1.807, 2.05) is 24.1 Å². The number of nitrogens with zero attached hydrogens (tertiary/aromatic N) is 2. The minimum absolute atomic E-state index is 0.819. The molecule has 0 aliphatic carbocycles. The van der Waals surface area contributed by atoms with Crippen molar-refractivity contribution in [2.24, 2.45) is 7.05 Å². The molecule has 0 atom stereocenters. The van der Waals surface area contributed by atoms with Crippen molar-refractivity contribution < 1.29 is 0 Å². The lowest BCUT2D eigenvalue weighted by molar-refractivity contribution is 0.767. The molecule has 0 aliphatic heterocycles. The summed E-state index contributed by atoms with van der Waals surface area (Å²) in [6.07, 6.45) is 3.92. The van der Waals surface area contributed by atoms with Gasteiger partial charge in [0.2, 0.25) is 0 Å². The molecular formula is C13H17N3. The molecule has 1 heterocycles. The minimum atomic E-state index is 0.819. The van der Waals surface area contributed by atoms with Crippen molar-refractivity contribution in [2.45, 2.75) is 20.4 Å². The number of para-hydroxylation sites is 1. The number of hydrogen-bond acceptors (Lipinski definition) is 2. The maximum Gasteiger partial charge on any atom is 0.0539 e. The van der Waals surface area contributed by atoms with Crippen LogP contribution in [0.15, 0.2) is 30.6 Å². The normalized spacial score (nSPS) is 10.4. The first-order valence-electron chi connectivity index (χ1n) is 5.44. The Morgan fingerprint density at radius 2 is 1.94 bits per heavy atom. The Morgan fingerprint density at radius 1 is 1.25 bits per heavy atom. The van der Waals surface area contributed by atoms with Crippen molar-refractivity contribution >= 4 is 5.69 Å². The molecule has 3 heteroatoms. The first-order chi connectivity index (χ1) is 7.66. The zero-order valence-corrected chi connectivity index (χ0v) is 9.99. The lowest BCUT2D eigenvalue weighted by atomic mass is 10.1. The van der Waals surface area contributed by atoms with Gasteiger partial charge in [0.15, 0.2) is 0 Å². The standard InChI is InChI=1S/C13H17N3/c1-10-5-4-6-11(2)13(10)14-7-12-8-15-16(3)9-12/h4-6,8-9,14H,7H2,1-3H3. The largest absolute Gasteiger partial charge is 0.380 e. The number of aromatic nitrogens is 2. The highest BCUT2D eigenvalue weighted by atomic mass is 15.2. The summed E-state index contributed by atoms with van der Waals surface area (Å²) >= 11 is 0. The lowest BCUT2D eigenvalue weighted by Crippen LogP contribution is -2.02. The molecule has 0 spiro atoms. The molecule has 3 nitrogen and oxygen atoms in total. The van der Waals surface area contributed by atoms with Crippen LogP contribution in [0, 0.1) is 13.8 Å². The van der Waals surface area contributed by atoms with Crippen molar-refractivity contribution in [1.82, 2.24) is 9.78 Å². The molecule has 1 N–H and O–H groups in total. The van der Waals surface area contributed by atoms with Crippen molar-refractivity contribution in [3.63, 3.8) is 0 Å². The van der Waals surface area contributed by atoms with E-state index in [1.54, 1.807) is 0 Å². The van der Waals surface area contributed by atoms with Crippen LogP contribution in [0.25, 0.3) is 0 Å². The summed E-state index contributed by atoms with van der Waals surface area (Å²) in [7, 11) is 1.93. The zero-order chi connectivity index (χ0) is 11.5. The van der Waals surface area contributed by atoms with Crippen LogP contribution in [-0.4, -0.2) is 9.78 Å². The Balaban J connectivity index is 2.10. The third-order valence-electron chi connectivity index (χ3n) is 2.71. The van der Waals surface area contributed by atoms with Crippen LogP contribution in [0.2, 0.25) is 0 Å². The van der Waals surface area contributed by atoms with E-state index in [9.17, 15) is 0 Å². The van der Waals surface area contributed by atoms with Crippen LogP contribution in [0.1, 0.15) is 16.7 Å². The first-order valence-corrected chi connectivity index (χ1v) is 5.44. The monoisotopic (exact) mass is 215 g/mol. The van der Waals surface area contributed by atoms with Gasteiger partial charge < -0.3 is 5.32 Å². The Bertz CT molecular complexity index is 465. The van der Waals surface area contributed by atoms with Crippen LogP contribution >= 0.6 is 0 Å². The summed E-state index contributed by atoms with van der Waals surface area (Å²) in [4.78, 5) is 0. The quantitative estimate of drug-likeness (QED) is 0.853. The summed E-state index contributed by atoms with van der Waals surface area (Å²) in [6.45, 7) is 5.07. The van der Waals surface area contributed by atoms with E-state index < -0.39 is 0 Å². The average Bonchev–Trinajstić information content (AvgIpc) is 2.63. The van der Waals surface area contributed by atoms with E-state index in [4.69, 9.17) is 0 Å². The topological polar surface area (TPSA) is 29.9 Å². The van der Waals surface area contributed by atoms with Crippen molar-refractivity contribution in [3.05, 3.63) is 47.3 Å². The number of nitrogens with one attached hydrogen (secondary N) is 1. The van der Waals surface area contributed by atoms with Crippen molar-refractivity contribution in [1.29, 1.82) is 0 Å². The minimum Gasteiger partial charge on any atom is -0.380 e. The van der Waals surface area contributed by atoms with Crippen molar-refractivity contribution in [3.8, 4) is 0 Å². The van der Waals surface area contributed by atoms with Crippen LogP contribution in [-0.2, 0) is 13.6 Å². The van der Waals surface area contributed by atoms with Gasteiger partial charge >= 0.3 is 0 Å². The lowest BCUT2D eigenvalue weighted by Gasteiger charge is -2.11. The predicted octanol–water partition coefficient (Wildman–Crippen LogP) is 2.65. The Hall–Kier alpha value is -1.77. The van der Waals surface area contributed by atoms with Crippen molar-refractivity contribution in [2.75, 3.05) is 5.32 Å². The second-order valence-corrected chi connectivity index (χ2v) is 4.14. The summed E-state index contributed by atoms with van der Waals surface area (Å²) < 4.78 is 1.82. The van der Waals surface area contributed by atoms with E-state index in [0.717, 1.165) is 6.54 Å². The van der Waals surface area contributed by atoms with Gasteiger partial charge in [-0.3, -0.25) is 4.68 Å². The van der Waals surface area contributed by atoms with Gasteiger partial charge in [0.25, 0.3) is 0 Å². The van der Waals surface area contributed by atoms with Crippen LogP contribution in [0.5, 0.6) is 0 Å². The van der Waals surface area contributed by atoms with Gasteiger partial charge in [-0.25, -0.2) is 0 Å². The fraction of sp³-hybridized carbons (Fsp3) is 0.308. The average molecular weight is 215 g/mol. The molecule has 1 aromatic carbocycles. The van der Waals surface area contributed by atoms with Gasteiger partial charge in [-0.1, -0.05) is 18.2 Å². The molecule has 0 radical (unpaired) electrons. The summed E-state index contributed by atoms with van der Waals surface area (Å²) in [5, 5.41) is 7.61. The molecule has 0 aliphatic rings. The Labute approximate surface area is 96.1 Å². The van der Waals surface area contributed by atoms with E-state index in [-0.39, 0.29) is 0 Å². The van der Waals surface area contributed by atoms with Gasteiger partial charge in [-0.15, -0.1) is 0 Å². The molecule has 0 bridgehead atoms. The predicted molar refractivity (Wildman–Crippen MR) is 66.5 cm³/mol. The highest BCUT2D eigenvalue weighted by molar-refractivity contribution is 5.56. The molecule has 0 unspecified atom stereocenters. The zero-order valence-electron chi connectivity index (χ0n) is 9.99. The van der Waals surface area contributed by atoms with E-state index in [0.29, 0.717) is 0 Å². The fourth-order valence-electron chi connectivity index (χ4n) is 1.85. The van der Waals surface area contributed by atoms with Crippen LogP contribution in [0.4, 0.5) is 5.69 Å². The molecule has 2 aromatic rings. The van der Waals surface area contributed by atoms with E-state index >= 15 is 0 Å². The molecule has 16 heavy (non-hydrogen) atoms. The number of anilines is 1. The third kappa shape index (κ3) is 2.24. The smallest absolute Gasteiger partial charge is 0.0539 e. The molecule has 1 aromatic heterocycles. The fourth-order valence-corrected chi connectivity index (χ4v) is 1.85. The maximum atomic E-state index is 4.15. The maximum absolute atomic E-state index is 4.15. The van der Waals surface area contributed by atoms with Gasteiger partial charge in [-0.2, -0.15) is 5.10 Å². The van der Waals surface area contributed by atoms with Gasteiger partial charge in [0, 0.05) is 31.0 Å². The molecule has 0 saturated heterocycles. The Kier molecular flexibility index (Phi) is 2.95. The van der Waals surface area contributed by atoms with Gasteiger partial charge in [0.05, 0.1) is 6.20 Å². The van der Waals surface area contributed by atoms with Crippen LogP contribution in [0.3, 0.4) is 0 Å². The Morgan fingerprint density at radius 3 is 2.50 bits per heavy atom. The SMILES string of the molecule is Cc1cccc(C)c1NCc1cnn(C)c1. The molecule has 0 amide bonds. The van der Waals surface area contributed by atoms with Gasteiger partial charge in [-0.05, 0) is 25.0 Å². The van der Waals surface area contributed by atoms with E-state index in [1.165, 1.54) is 22.4 Å². The molecule has 0 fully saturated rings. The van der Waals surface area contributed by atoms with Crippen LogP contribution < -0.4 is 5.32 Å². The summed E-state index contributed by atoms with van der Waals surface area (Å²) in [5.41, 5.74) is 4.99. The highest BCUT2D eigenvalue weighted by Crippen LogP contribution is 2.19. The number of rotatable bonds is 3. The second kappa shape index (κ2) is 4.39. The van der Waals surface area contributed by atoms with E-state index in [2.05, 4.69) is 42.5 Å². The molecule has 0 saturated carbocycles. The first kappa shape index (κ1) is 10.7. The highest BCUT2D eigenvalue weighted by Gasteiger charge is 2.02. The van der Waals surface area contributed by atoms with Gasteiger partial charge in [0.1, 0.15) is 0 Å². The molecule has 2 rings (SSSR count). The summed E-state index contributed by atoms with van der Waals surface area (Å²) in [5.74, 6) is 0. The molecule has 84 valence electrons. The number of benzene rings is 1. The number of hydrogen-bond donors (Lipinski definition) is 1. The number of aryl methyl sites for hydroxylation is 3. The summed E-state index contributed by atoms with van der Waals surface area (Å²) in [6, 6.07) is 6.33. The second-order valence-electron chi connectivity index (χ2n) is 4.14.